The molecule has 0 spiro atoms. The molecule has 4 N–H and O–H groups in total. The molecule has 4 aromatic carbocycles. The zero-order valence-corrected chi connectivity index (χ0v) is 25.0. The molecule has 0 aliphatic heterocycles. The number of aryl methyl sites for hydroxylation is 4. The quantitative estimate of drug-likeness (QED) is 0.135. The average molecular weight is 589 g/mol. The predicted octanol–water partition coefficient (Wildman–Crippen LogP) is 6.99. The van der Waals surface area contributed by atoms with Crippen LogP contribution >= 0.6 is 0 Å². The molecule has 8 heteroatoms. The number of hydrogen-bond donors (Lipinski definition) is 3. The zero-order valence-electron chi connectivity index (χ0n) is 25.0. The van der Waals surface area contributed by atoms with E-state index in [9.17, 15) is 19.2 Å². The van der Waals surface area contributed by atoms with Crippen LogP contribution in [-0.2, 0) is 40.1 Å². The van der Waals surface area contributed by atoms with Crippen LogP contribution in [0.5, 0.6) is 0 Å². The molecule has 0 saturated carbocycles. The number of urea groups is 1. The Morgan fingerprint density at radius 3 is 1.75 bits per heavy atom. The van der Waals surface area contributed by atoms with Crippen molar-refractivity contribution in [3.8, 4) is 0 Å². The summed E-state index contributed by atoms with van der Waals surface area (Å²) in [4.78, 5) is 47.7. The number of amides is 2. The summed E-state index contributed by atoms with van der Waals surface area (Å²) < 4.78 is 0. The summed E-state index contributed by atoms with van der Waals surface area (Å²) in [5, 5.41) is 5.63. The van der Waals surface area contributed by atoms with Crippen molar-refractivity contribution in [1.82, 2.24) is 0 Å². The topological polar surface area (TPSA) is 131 Å². The SMILES string of the molecule is Cc1ccc(N=C=O)cc1.Cc1ccc(NC(=O)Nc2ccc3c(c2)CCC(=O)C3)cc1.Nc1ccc2c(c1)CCC(=O)C2. The van der Waals surface area contributed by atoms with Gasteiger partial charge in [-0.1, -0.05) is 47.5 Å². The number of hydrogen-bond acceptors (Lipinski definition) is 6. The first-order valence-corrected chi connectivity index (χ1v) is 14.5. The Morgan fingerprint density at radius 2 is 1.16 bits per heavy atom. The van der Waals surface area contributed by atoms with E-state index in [0.29, 0.717) is 37.2 Å². The molecule has 2 amide bonds. The number of carbonyl (C=O) groups excluding carboxylic acids is 4. The van der Waals surface area contributed by atoms with Crippen LogP contribution in [0.1, 0.15) is 46.2 Å². The van der Waals surface area contributed by atoms with Gasteiger partial charge >= 0.3 is 6.03 Å². The lowest BCUT2D eigenvalue weighted by Crippen LogP contribution is -2.20. The first kappa shape index (κ1) is 31.6. The van der Waals surface area contributed by atoms with Crippen molar-refractivity contribution >= 4 is 46.4 Å². The maximum atomic E-state index is 12.0. The van der Waals surface area contributed by atoms with E-state index in [-0.39, 0.29) is 11.8 Å². The summed E-state index contributed by atoms with van der Waals surface area (Å²) in [6, 6.07) is 26.2. The molecule has 0 heterocycles. The minimum atomic E-state index is -0.268. The van der Waals surface area contributed by atoms with Gasteiger partial charge in [0.25, 0.3) is 0 Å². The third kappa shape index (κ3) is 9.61. The van der Waals surface area contributed by atoms with E-state index in [1.54, 1.807) is 12.1 Å². The number of Topliss-reactive ketones (excluding diaryl/α,β-unsaturated/α-hetero) is 2. The standard InChI is InChI=1S/C18H18N2O2.C10H11NO.C8H7NO/c1-12-2-6-15(7-3-12)19-18(22)20-16-8-4-14-11-17(21)9-5-13(14)10-16;11-9-3-1-8-6-10(12)4-2-7(8)5-9;1-7-2-4-8(5-3-7)9-6-10/h2-4,6-8,10H,5,9,11H2,1H3,(H2,19,20,22);1,3,5H,2,4,6,11H2;2-5H,1H3. The number of nitrogens with one attached hydrogen (secondary N) is 2. The van der Waals surface area contributed by atoms with Crippen LogP contribution in [0, 0.1) is 13.8 Å². The molecule has 0 fully saturated rings. The minimum absolute atomic E-state index is 0.268. The molecule has 2 aliphatic rings. The summed E-state index contributed by atoms with van der Waals surface area (Å²) in [6.07, 6.45) is 5.46. The van der Waals surface area contributed by atoms with Gasteiger partial charge in [0.15, 0.2) is 0 Å². The maximum Gasteiger partial charge on any atom is 0.323 e. The highest BCUT2D eigenvalue weighted by atomic mass is 16.2. The van der Waals surface area contributed by atoms with Crippen molar-refractivity contribution < 1.29 is 19.2 Å². The van der Waals surface area contributed by atoms with E-state index in [1.165, 1.54) is 11.6 Å². The van der Waals surface area contributed by atoms with Gasteiger partial charge in [-0.3, -0.25) is 9.59 Å². The van der Waals surface area contributed by atoms with Crippen LogP contribution in [0.2, 0.25) is 0 Å². The number of benzene rings is 4. The molecule has 44 heavy (non-hydrogen) atoms. The molecule has 0 radical (unpaired) electrons. The van der Waals surface area contributed by atoms with Crippen LogP contribution < -0.4 is 16.4 Å². The molecule has 0 saturated heterocycles. The number of isocyanates is 1. The molecule has 4 aromatic rings. The second kappa shape index (κ2) is 15.2. The largest absolute Gasteiger partial charge is 0.399 e. The zero-order chi connectivity index (χ0) is 31.5. The Bertz CT molecular complexity index is 1690. The molecule has 8 nitrogen and oxygen atoms in total. The van der Waals surface area contributed by atoms with Gasteiger partial charge in [-0.25, -0.2) is 9.59 Å². The number of nitrogens with zero attached hydrogens (tertiary/aromatic N) is 1. The molecule has 2 aliphatic carbocycles. The number of aliphatic imine (C=N–C) groups is 1. The lowest BCUT2D eigenvalue weighted by atomic mass is 9.90. The summed E-state index contributed by atoms with van der Waals surface area (Å²) in [5.74, 6) is 0.623. The van der Waals surface area contributed by atoms with Crippen molar-refractivity contribution in [3.63, 3.8) is 0 Å². The first-order chi connectivity index (χ1) is 21.2. The van der Waals surface area contributed by atoms with Crippen molar-refractivity contribution in [2.75, 3.05) is 16.4 Å². The van der Waals surface area contributed by atoms with E-state index in [1.807, 2.05) is 86.6 Å². The summed E-state index contributed by atoms with van der Waals surface area (Å²) in [6.45, 7) is 3.98. The van der Waals surface area contributed by atoms with Crippen LogP contribution in [0.4, 0.5) is 27.5 Å². The van der Waals surface area contributed by atoms with Crippen LogP contribution in [0.3, 0.4) is 0 Å². The van der Waals surface area contributed by atoms with Gasteiger partial charge in [0, 0.05) is 42.7 Å². The maximum absolute atomic E-state index is 12.0. The lowest BCUT2D eigenvalue weighted by molar-refractivity contribution is -0.119. The fourth-order valence-corrected chi connectivity index (χ4v) is 4.91. The Kier molecular flexibility index (Phi) is 10.9. The van der Waals surface area contributed by atoms with Crippen molar-refractivity contribution in [2.24, 2.45) is 4.99 Å². The van der Waals surface area contributed by atoms with Gasteiger partial charge in [0.1, 0.15) is 11.6 Å². The molecular formula is C36H36N4O4. The van der Waals surface area contributed by atoms with Crippen molar-refractivity contribution in [1.29, 1.82) is 0 Å². The van der Waals surface area contributed by atoms with E-state index >= 15 is 0 Å². The highest BCUT2D eigenvalue weighted by molar-refractivity contribution is 6.00. The molecule has 0 atom stereocenters. The molecule has 6 rings (SSSR count). The monoisotopic (exact) mass is 588 g/mol. The van der Waals surface area contributed by atoms with Crippen LogP contribution in [0.25, 0.3) is 0 Å². The number of fused-ring (bicyclic) bond motifs is 2. The smallest absolute Gasteiger partial charge is 0.323 e. The first-order valence-electron chi connectivity index (χ1n) is 14.5. The fourth-order valence-electron chi connectivity index (χ4n) is 4.91. The van der Waals surface area contributed by atoms with E-state index in [4.69, 9.17) is 5.73 Å². The highest BCUT2D eigenvalue weighted by Gasteiger charge is 2.16. The van der Waals surface area contributed by atoms with Crippen molar-refractivity contribution in [3.05, 3.63) is 118 Å². The van der Waals surface area contributed by atoms with Crippen LogP contribution in [0.15, 0.2) is 89.9 Å². The van der Waals surface area contributed by atoms with Gasteiger partial charge in [-0.05, 0) is 97.5 Å². The van der Waals surface area contributed by atoms with Gasteiger partial charge in [0.05, 0.1) is 5.69 Å². The fraction of sp³-hybridized carbons (Fsp3) is 0.222. The number of anilines is 3. The van der Waals surface area contributed by atoms with Gasteiger partial charge in [0.2, 0.25) is 6.08 Å². The Morgan fingerprint density at radius 1 is 0.659 bits per heavy atom. The predicted molar refractivity (Wildman–Crippen MR) is 174 cm³/mol. The summed E-state index contributed by atoms with van der Waals surface area (Å²) >= 11 is 0. The molecule has 0 unspecified atom stereocenters. The third-order valence-corrected chi connectivity index (χ3v) is 7.33. The highest BCUT2D eigenvalue weighted by Crippen LogP contribution is 2.23. The van der Waals surface area contributed by atoms with E-state index in [0.717, 1.165) is 57.7 Å². The second-order valence-corrected chi connectivity index (χ2v) is 10.9. The molecule has 0 bridgehead atoms. The molecular weight excluding hydrogens is 552 g/mol. The number of nitrogen functional groups attached to an aromatic ring is 1. The summed E-state index contributed by atoms with van der Waals surface area (Å²) in [5.41, 5.74) is 15.5. The number of nitrogens with two attached hydrogens (primary N) is 1. The molecule has 224 valence electrons. The minimum Gasteiger partial charge on any atom is -0.399 e. The van der Waals surface area contributed by atoms with Crippen molar-refractivity contribution in [2.45, 2.75) is 52.4 Å². The Labute approximate surface area is 257 Å². The van der Waals surface area contributed by atoms with E-state index in [2.05, 4.69) is 15.6 Å². The van der Waals surface area contributed by atoms with Gasteiger partial charge < -0.3 is 16.4 Å². The van der Waals surface area contributed by atoms with Gasteiger partial charge in [-0.15, -0.1) is 0 Å². The average Bonchev–Trinajstić information content (AvgIpc) is 3.00. The number of ketones is 2. The Balaban J connectivity index is 0.000000168. The third-order valence-electron chi connectivity index (χ3n) is 7.33. The van der Waals surface area contributed by atoms with Crippen LogP contribution in [-0.4, -0.2) is 23.7 Å². The second-order valence-electron chi connectivity index (χ2n) is 10.9. The molecule has 0 aromatic heterocycles. The van der Waals surface area contributed by atoms with E-state index < -0.39 is 0 Å². The number of rotatable bonds is 3. The van der Waals surface area contributed by atoms with Gasteiger partial charge in [-0.2, -0.15) is 4.99 Å². The number of carbonyl (C=O) groups is 3. The lowest BCUT2D eigenvalue weighted by Gasteiger charge is -2.16. The normalized spacial score (nSPS) is 13.0. The summed E-state index contributed by atoms with van der Waals surface area (Å²) in [7, 11) is 0. The Hall–Kier alpha value is -5.33.